The fourth-order valence-electron chi connectivity index (χ4n) is 1.70. The molecule has 0 spiro atoms. The van der Waals surface area contributed by atoms with Gasteiger partial charge in [-0.1, -0.05) is 0 Å². The molecule has 0 aromatic heterocycles. The first-order valence-electron chi connectivity index (χ1n) is 3.55. The van der Waals surface area contributed by atoms with Crippen molar-refractivity contribution in [2.75, 3.05) is 0 Å². The Morgan fingerprint density at radius 1 is 1.40 bits per heavy atom. The molecule has 0 aromatic carbocycles. The second-order valence-electron chi connectivity index (χ2n) is 3.72. The van der Waals surface area contributed by atoms with Crippen LogP contribution >= 0.6 is 0 Å². The molecule has 1 heterocycles. The fourth-order valence-corrected chi connectivity index (χ4v) is 1.70. The molecule has 2 N–H and O–H groups in total. The summed E-state index contributed by atoms with van der Waals surface area (Å²) in [7, 11) is 0. The molecule has 3 nitrogen and oxygen atoms in total. The monoisotopic (exact) mass is 144 g/mol. The summed E-state index contributed by atoms with van der Waals surface area (Å²) >= 11 is 0. The van der Waals surface area contributed by atoms with E-state index in [1.165, 1.54) is 0 Å². The van der Waals surface area contributed by atoms with Gasteiger partial charge >= 0.3 is 0 Å². The van der Waals surface area contributed by atoms with Crippen molar-refractivity contribution in [2.45, 2.75) is 43.7 Å². The number of hydrogen-bond acceptors (Lipinski definition) is 3. The van der Waals surface area contributed by atoms with Crippen LogP contribution in [0.25, 0.3) is 0 Å². The van der Waals surface area contributed by atoms with E-state index in [-0.39, 0.29) is 12.2 Å². The first-order valence-corrected chi connectivity index (χ1v) is 3.55. The standard InChI is InChI=1S/C7H12O3/c1-6(8)3-4-5(10-4)7(6,2)9/h4-5,8-9H,3H2,1-2H3. The van der Waals surface area contributed by atoms with Crippen molar-refractivity contribution in [3.8, 4) is 0 Å². The summed E-state index contributed by atoms with van der Waals surface area (Å²) in [5.74, 6) is 0. The molecule has 10 heavy (non-hydrogen) atoms. The number of epoxide rings is 1. The van der Waals surface area contributed by atoms with Gasteiger partial charge < -0.3 is 14.9 Å². The molecule has 3 heteroatoms. The largest absolute Gasteiger partial charge is 0.387 e. The predicted molar refractivity (Wildman–Crippen MR) is 34.5 cm³/mol. The van der Waals surface area contributed by atoms with Crippen molar-refractivity contribution in [3.63, 3.8) is 0 Å². The average molecular weight is 144 g/mol. The lowest BCUT2D eigenvalue weighted by atomic mass is 9.89. The summed E-state index contributed by atoms with van der Waals surface area (Å²) in [6.07, 6.45) is 0.539. The third kappa shape index (κ3) is 0.557. The van der Waals surface area contributed by atoms with Crippen molar-refractivity contribution in [1.29, 1.82) is 0 Å². The van der Waals surface area contributed by atoms with E-state index in [1.54, 1.807) is 13.8 Å². The first-order chi connectivity index (χ1) is 4.45. The Morgan fingerprint density at radius 2 is 2.00 bits per heavy atom. The van der Waals surface area contributed by atoms with Crippen LogP contribution in [0.2, 0.25) is 0 Å². The molecule has 0 radical (unpaired) electrons. The summed E-state index contributed by atoms with van der Waals surface area (Å²) < 4.78 is 5.09. The maximum Gasteiger partial charge on any atom is 0.119 e. The zero-order chi connectivity index (χ0) is 7.57. The van der Waals surface area contributed by atoms with Gasteiger partial charge in [-0.15, -0.1) is 0 Å². The highest BCUT2D eigenvalue weighted by Crippen LogP contribution is 2.51. The van der Waals surface area contributed by atoms with E-state index < -0.39 is 11.2 Å². The number of fused-ring (bicyclic) bond motifs is 1. The predicted octanol–water partition coefficient (Wildman–Crippen LogP) is -0.341. The van der Waals surface area contributed by atoms with E-state index in [1.807, 2.05) is 0 Å². The van der Waals surface area contributed by atoms with Gasteiger partial charge in [-0.2, -0.15) is 0 Å². The maximum absolute atomic E-state index is 9.66. The van der Waals surface area contributed by atoms with E-state index in [4.69, 9.17) is 4.74 Å². The van der Waals surface area contributed by atoms with Gasteiger partial charge in [-0.3, -0.25) is 0 Å². The SMILES string of the molecule is CC1(O)CC2OC2C1(C)O. The third-order valence-electron chi connectivity index (χ3n) is 2.83. The molecule has 4 atom stereocenters. The van der Waals surface area contributed by atoms with Crippen LogP contribution in [0, 0.1) is 0 Å². The summed E-state index contributed by atoms with van der Waals surface area (Å²) in [5.41, 5.74) is -2.00. The highest BCUT2D eigenvalue weighted by Gasteiger charge is 2.67. The Balaban J connectivity index is 2.29. The smallest absolute Gasteiger partial charge is 0.119 e. The molecular formula is C7H12O3. The van der Waals surface area contributed by atoms with Gasteiger partial charge in [-0.25, -0.2) is 0 Å². The van der Waals surface area contributed by atoms with Crippen molar-refractivity contribution in [2.24, 2.45) is 0 Å². The van der Waals surface area contributed by atoms with Crippen LogP contribution in [0.4, 0.5) is 0 Å². The van der Waals surface area contributed by atoms with Gasteiger partial charge in [0.05, 0.1) is 11.7 Å². The minimum atomic E-state index is -1.04. The molecule has 2 rings (SSSR count). The van der Waals surface area contributed by atoms with Crippen molar-refractivity contribution in [1.82, 2.24) is 0 Å². The van der Waals surface area contributed by atoms with E-state index >= 15 is 0 Å². The molecule has 4 unspecified atom stereocenters. The van der Waals surface area contributed by atoms with Gasteiger partial charge in [0.25, 0.3) is 0 Å². The van der Waals surface area contributed by atoms with Crippen LogP contribution in [0.1, 0.15) is 20.3 Å². The molecule has 0 amide bonds. The Labute approximate surface area is 59.6 Å². The van der Waals surface area contributed by atoms with Gasteiger partial charge in [-0.05, 0) is 13.8 Å². The number of ether oxygens (including phenoxy) is 1. The second-order valence-corrected chi connectivity index (χ2v) is 3.72. The van der Waals surface area contributed by atoms with Crippen LogP contribution < -0.4 is 0 Å². The normalized spacial score (nSPS) is 66.0. The lowest BCUT2D eigenvalue weighted by molar-refractivity contribution is -0.140. The topological polar surface area (TPSA) is 53.0 Å². The van der Waals surface area contributed by atoms with E-state index in [2.05, 4.69) is 0 Å². The Kier molecular flexibility index (Phi) is 0.918. The van der Waals surface area contributed by atoms with Gasteiger partial charge in [0, 0.05) is 6.42 Å². The second kappa shape index (κ2) is 1.40. The Morgan fingerprint density at radius 3 is 2.20 bits per heavy atom. The number of hydrogen-bond donors (Lipinski definition) is 2. The molecule has 0 bridgehead atoms. The van der Waals surface area contributed by atoms with Crippen LogP contribution in [-0.4, -0.2) is 33.6 Å². The van der Waals surface area contributed by atoms with E-state index in [9.17, 15) is 10.2 Å². The lowest BCUT2D eigenvalue weighted by Gasteiger charge is -2.33. The summed E-state index contributed by atoms with van der Waals surface area (Å²) in [5, 5.41) is 19.3. The molecule has 0 aromatic rings. The third-order valence-corrected chi connectivity index (χ3v) is 2.83. The maximum atomic E-state index is 9.66. The molecule has 2 aliphatic rings. The van der Waals surface area contributed by atoms with Gasteiger partial charge in [0.2, 0.25) is 0 Å². The summed E-state index contributed by atoms with van der Waals surface area (Å²) in [4.78, 5) is 0. The summed E-state index contributed by atoms with van der Waals surface area (Å²) in [6, 6.07) is 0. The van der Waals surface area contributed by atoms with Crippen molar-refractivity contribution in [3.05, 3.63) is 0 Å². The minimum Gasteiger partial charge on any atom is -0.387 e. The van der Waals surface area contributed by atoms with Gasteiger partial charge in [0.15, 0.2) is 0 Å². The van der Waals surface area contributed by atoms with Crippen LogP contribution in [0.3, 0.4) is 0 Å². The fraction of sp³-hybridized carbons (Fsp3) is 1.00. The van der Waals surface area contributed by atoms with Crippen molar-refractivity contribution < 1.29 is 14.9 Å². The lowest BCUT2D eigenvalue weighted by Crippen LogP contribution is -2.49. The first kappa shape index (κ1) is 6.58. The zero-order valence-electron chi connectivity index (χ0n) is 6.16. The quantitative estimate of drug-likeness (QED) is 0.457. The number of rotatable bonds is 0. The van der Waals surface area contributed by atoms with E-state index in [0.717, 1.165) is 0 Å². The van der Waals surface area contributed by atoms with E-state index in [0.29, 0.717) is 6.42 Å². The molecule has 1 aliphatic heterocycles. The van der Waals surface area contributed by atoms with Crippen LogP contribution in [0.5, 0.6) is 0 Å². The molecule has 1 saturated carbocycles. The zero-order valence-corrected chi connectivity index (χ0v) is 6.16. The van der Waals surface area contributed by atoms with Crippen molar-refractivity contribution >= 4 is 0 Å². The molecule has 1 aliphatic carbocycles. The highest BCUT2D eigenvalue weighted by atomic mass is 16.6. The van der Waals surface area contributed by atoms with Gasteiger partial charge in [0.1, 0.15) is 11.7 Å². The molecular weight excluding hydrogens is 132 g/mol. The molecule has 58 valence electrons. The molecule has 2 fully saturated rings. The van der Waals surface area contributed by atoms with Crippen LogP contribution in [0.15, 0.2) is 0 Å². The Bertz CT molecular complexity index is 174. The Hall–Kier alpha value is -0.120. The minimum absolute atomic E-state index is 0.102. The molecule has 1 saturated heterocycles. The highest BCUT2D eigenvalue weighted by molar-refractivity contribution is 5.17. The summed E-state index contributed by atoms with van der Waals surface area (Å²) in [6.45, 7) is 3.28. The van der Waals surface area contributed by atoms with Crippen LogP contribution in [-0.2, 0) is 4.74 Å². The average Bonchev–Trinajstić information content (AvgIpc) is 2.39. The number of aliphatic hydroxyl groups is 2.